The van der Waals surface area contributed by atoms with Gasteiger partial charge in [-0.3, -0.25) is 0 Å². The van der Waals surface area contributed by atoms with Crippen molar-refractivity contribution in [2.45, 2.75) is 26.4 Å². The first kappa shape index (κ1) is 13.3. The summed E-state index contributed by atoms with van der Waals surface area (Å²) in [6.07, 6.45) is 2.95. The highest BCUT2D eigenvalue weighted by Gasteiger charge is 2.31. The molecule has 1 aliphatic rings. The molecule has 1 aromatic heterocycles. The second-order valence-corrected chi connectivity index (χ2v) is 6.59. The highest BCUT2D eigenvalue weighted by molar-refractivity contribution is 7.15. The Labute approximate surface area is 112 Å². The Hall–Kier alpha value is -0.160. The van der Waals surface area contributed by atoms with Crippen LogP contribution in [0.2, 0.25) is 4.34 Å². The van der Waals surface area contributed by atoms with Crippen LogP contribution in [0.1, 0.15) is 31.4 Å². The van der Waals surface area contributed by atoms with Crippen LogP contribution in [-0.4, -0.2) is 24.7 Å². The van der Waals surface area contributed by atoms with E-state index in [1.807, 2.05) is 0 Å². The molecule has 2 heterocycles. The van der Waals surface area contributed by atoms with Gasteiger partial charge in [-0.2, -0.15) is 0 Å². The van der Waals surface area contributed by atoms with Gasteiger partial charge in [-0.1, -0.05) is 25.4 Å². The number of aromatic nitrogens is 1. The van der Waals surface area contributed by atoms with E-state index in [1.165, 1.54) is 11.3 Å². The van der Waals surface area contributed by atoms with Crippen LogP contribution in [-0.2, 0) is 4.74 Å². The fraction of sp³-hybridized carbons (Fsp3) is 0.750. The van der Waals surface area contributed by atoms with Crippen LogP contribution in [0.15, 0.2) is 6.20 Å². The van der Waals surface area contributed by atoms with Crippen LogP contribution in [0, 0.1) is 11.8 Å². The summed E-state index contributed by atoms with van der Waals surface area (Å²) in [4.78, 5) is 4.33. The summed E-state index contributed by atoms with van der Waals surface area (Å²) in [6.45, 7) is 7.32. The quantitative estimate of drug-likeness (QED) is 0.896. The first-order valence-electron chi connectivity index (χ1n) is 6.10. The lowest BCUT2D eigenvalue weighted by molar-refractivity contribution is 0.0901. The third-order valence-corrected chi connectivity index (χ3v) is 4.09. The minimum absolute atomic E-state index is 0.132. The highest BCUT2D eigenvalue weighted by Crippen LogP contribution is 2.37. The van der Waals surface area contributed by atoms with E-state index in [2.05, 4.69) is 24.1 Å². The Bertz CT molecular complexity index is 356. The molecule has 17 heavy (non-hydrogen) atoms. The molecule has 2 rings (SSSR count). The van der Waals surface area contributed by atoms with Crippen molar-refractivity contribution in [2.75, 3.05) is 19.7 Å². The first-order valence-corrected chi connectivity index (χ1v) is 7.30. The lowest BCUT2D eigenvalue weighted by Crippen LogP contribution is -2.27. The fourth-order valence-electron chi connectivity index (χ4n) is 2.07. The number of halogens is 1. The van der Waals surface area contributed by atoms with E-state index < -0.39 is 0 Å². The van der Waals surface area contributed by atoms with Gasteiger partial charge in [0.2, 0.25) is 0 Å². The third kappa shape index (κ3) is 3.65. The van der Waals surface area contributed by atoms with Crippen LogP contribution in [0.25, 0.3) is 0 Å². The third-order valence-electron chi connectivity index (χ3n) is 2.91. The summed E-state index contributed by atoms with van der Waals surface area (Å²) >= 11 is 7.45. The molecule has 1 fully saturated rings. The Kier molecular flexibility index (Phi) is 4.79. The molecule has 1 aliphatic heterocycles. The number of nitrogens with zero attached hydrogens (tertiary/aromatic N) is 1. The van der Waals surface area contributed by atoms with Crippen LogP contribution >= 0.6 is 22.9 Å². The molecule has 0 bridgehead atoms. The molecule has 5 heteroatoms. The van der Waals surface area contributed by atoms with E-state index in [4.69, 9.17) is 16.3 Å². The topological polar surface area (TPSA) is 34.1 Å². The second kappa shape index (κ2) is 6.14. The molecule has 96 valence electrons. The molecular weight excluding hydrogens is 256 g/mol. The van der Waals surface area contributed by atoms with Crippen LogP contribution in [0.5, 0.6) is 0 Å². The fourth-order valence-corrected chi connectivity index (χ4v) is 3.14. The van der Waals surface area contributed by atoms with Gasteiger partial charge in [0.1, 0.15) is 15.4 Å². The molecule has 0 radical (unpaired) electrons. The molecular formula is C12H19ClN2OS. The molecule has 1 aromatic rings. The largest absolute Gasteiger partial charge is 0.371 e. The summed E-state index contributed by atoms with van der Waals surface area (Å²) < 4.78 is 6.51. The zero-order valence-electron chi connectivity index (χ0n) is 10.3. The molecule has 2 unspecified atom stereocenters. The van der Waals surface area contributed by atoms with Crippen molar-refractivity contribution in [2.24, 2.45) is 11.8 Å². The number of rotatable bonds is 5. The van der Waals surface area contributed by atoms with Crippen molar-refractivity contribution in [1.82, 2.24) is 10.3 Å². The number of thiazole rings is 1. The lowest BCUT2D eigenvalue weighted by atomic mass is 10.0. The number of hydrogen-bond donors (Lipinski definition) is 1. The first-order chi connectivity index (χ1) is 8.16. The molecule has 0 spiro atoms. The van der Waals surface area contributed by atoms with Gasteiger partial charge in [-0.25, -0.2) is 4.98 Å². The smallest absolute Gasteiger partial charge is 0.123 e. The van der Waals surface area contributed by atoms with Gasteiger partial charge in [-0.05, 0) is 18.9 Å². The van der Waals surface area contributed by atoms with Gasteiger partial charge in [0.05, 0.1) is 6.20 Å². The summed E-state index contributed by atoms with van der Waals surface area (Å²) in [6, 6.07) is 0. The monoisotopic (exact) mass is 274 g/mol. The Morgan fingerprint density at radius 1 is 1.65 bits per heavy atom. The second-order valence-electron chi connectivity index (χ2n) is 4.89. The van der Waals surface area contributed by atoms with Crippen molar-refractivity contribution in [3.05, 3.63) is 15.5 Å². The molecule has 0 saturated carbocycles. The highest BCUT2D eigenvalue weighted by atomic mass is 35.5. The molecule has 1 N–H and O–H groups in total. The average molecular weight is 275 g/mol. The van der Waals surface area contributed by atoms with Gasteiger partial charge < -0.3 is 10.1 Å². The zero-order valence-corrected chi connectivity index (χ0v) is 11.9. The van der Waals surface area contributed by atoms with Gasteiger partial charge >= 0.3 is 0 Å². The molecule has 3 nitrogen and oxygen atoms in total. The maximum atomic E-state index is 5.92. The van der Waals surface area contributed by atoms with Crippen LogP contribution in [0.4, 0.5) is 0 Å². The average Bonchev–Trinajstić information content (AvgIpc) is 2.86. The van der Waals surface area contributed by atoms with Gasteiger partial charge in [0.25, 0.3) is 0 Å². The molecule has 0 amide bonds. The Morgan fingerprint density at radius 2 is 2.47 bits per heavy atom. The summed E-state index contributed by atoms with van der Waals surface area (Å²) in [5.74, 6) is 1.21. The lowest BCUT2D eigenvalue weighted by Gasteiger charge is -2.17. The SMILES string of the molecule is CC(C)CNCC1CCOC1c1ncc(Cl)s1. The van der Waals surface area contributed by atoms with Crippen LogP contribution < -0.4 is 5.32 Å². The minimum Gasteiger partial charge on any atom is -0.371 e. The maximum absolute atomic E-state index is 5.92. The van der Waals surface area contributed by atoms with E-state index in [9.17, 15) is 0 Å². The zero-order chi connectivity index (χ0) is 12.3. The van der Waals surface area contributed by atoms with Crippen molar-refractivity contribution in [1.29, 1.82) is 0 Å². The van der Waals surface area contributed by atoms with Crippen molar-refractivity contribution in [3.63, 3.8) is 0 Å². The van der Waals surface area contributed by atoms with Gasteiger partial charge in [-0.15, -0.1) is 11.3 Å². The van der Waals surface area contributed by atoms with Crippen molar-refractivity contribution >= 4 is 22.9 Å². The van der Waals surface area contributed by atoms with E-state index >= 15 is 0 Å². The van der Waals surface area contributed by atoms with Crippen molar-refractivity contribution < 1.29 is 4.74 Å². The van der Waals surface area contributed by atoms with Gasteiger partial charge in [0.15, 0.2) is 0 Å². The van der Waals surface area contributed by atoms with Crippen LogP contribution in [0.3, 0.4) is 0 Å². The number of nitrogens with one attached hydrogen (secondary N) is 1. The summed E-state index contributed by atoms with van der Waals surface area (Å²) in [5, 5.41) is 4.51. The molecule has 0 aliphatic carbocycles. The van der Waals surface area contributed by atoms with Crippen molar-refractivity contribution in [3.8, 4) is 0 Å². The standard InChI is InChI=1S/C12H19ClN2OS/c1-8(2)5-14-6-9-3-4-16-11(9)12-15-7-10(13)17-12/h7-9,11,14H,3-6H2,1-2H3. The van der Waals surface area contributed by atoms with Gasteiger partial charge in [0, 0.05) is 19.1 Å². The summed E-state index contributed by atoms with van der Waals surface area (Å²) in [5.41, 5.74) is 0. The molecule has 2 atom stereocenters. The number of hydrogen-bond acceptors (Lipinski definition) is 4. The Balaban J connectivity index is 1.89. The minimum atomic E-state index is 0.132. The van der Waals surface area contributed by atoms with E-state index in [-0.39, 0.29) is 6.10 Å². The summed E-state index contributed by atoms with van der Waals surface area (Å²) in [7, 11) is 0. The predicted octanol–water partition coefficient (Wildman–Crippen LogP) is 3.12. The number of ether oxygens (including phenoxy) is 1. The molecule has 0 aromatic carbocycles. The van der Waals surface area contributed by atoms with E-state index in [0.29, 0.717) is 11.8 Å². The Morgan fingerprint density at radius 3 is 3.12 bits per heavy atom. The maximum Gasteiger partial charge on any atom is 0.123 e. The van der Waals surface area contributed by atoms with E-state index in [1.54, 1.807) is 6.20 Å². The molecule has 1 saturated heterocycles. The van der Waals surface area contributed by atoms with E-state index in [0.717, 1.165) is 35.5 Å². The normalized spacial score (nSPS) is 24.7. The predicted molar refractivity (Wildman–Crippen MR) is 71.6 cm³/mol.